The molecule has 8 heteroatoms. The van der Waals surface area contributed by atoms with Crippen LogP contribution in [-0.2, 0) is 9.59 Å². The van der Waals surface area contributed by atoms with Crippen molar-refractivity contribution in [3.05, 3.63) is 58.4 Å². The summed E-state index contributed by atoms with van der Waals surface area (Å²) in [4.78, 5) is 48.2. The molecule has 0 saturated carbocycles. The Morgan fingerprint density at radius 2 is 1.94 bits per heavy atom. The first-order chi connectivity index (χ1) is 15.5. The molecule has 1 aromatic heterocycles. The van der Waals surface area contributed by atoms with Gasteiger partial charge in [-0.15, -0.1) is 0 Å². The predicted molar refractivity (Wildman–Crippen MR) is 124 cm³/mol. The normalized spacial score (nSPS) is 20.5. The van der Waals surface area contributed by atoms with Crippen LogP contribution >= 0.6 is 0 Å². The molecule has 2 aromatic carbocycles. The molecular weight excluding hydrogens is 406 g/mol. The van der Waals surface area contributed by atoms with Crippen molar-refractivity contribution in [2.75, 3.05) is 22.1 Å². The summed E-state index contributed by atoms with van der Waals surface area (Å²) in [7, 11) is 0. The van der Waals surface area contributed by atoms with Crippen molar-refractivity contribution in [3.63, 3.8) is 0 Å². The highest BCUT2D eigenvalue weighted by molar-refractivity contribution is 6.08. The summed E-state index contributed by atoms with van der Waals surface area (Å²) >= 11 is 0. The number of carbonyl (C=O) groups excluding carboxylic acids is 2. The number of benzene rings is 2. The van der Waals surface area contributed by atoms with Crippen molar-refractivity contribution in [2.24, 2.45) is 0 Å². The summed E-state index contributed by atoms with van der Waals surface area (Å²) in [5.74, 6) is -1.02. The largest absolute Gasteiger partial charge is 0.340 e. The molecule has 2 atom stereocenters. The number of H-pyrrole nitrogens is 1. The molecule has 2 unspecified atom stereocenters. The molecule has 0 bridgehead atoms. The van der Waals surface area contributed by atoms with Gasteiger partial charge in [0.1, 0.15) is 5.82 Å². The second kappa shape index (κ2) is 8.11. The van der Waals surface area contributed by atoms with Crippen LogP contribution in [0.3, 0.4) is 0 Å². The minimum Gasteiger partial charge on any atom is -0.340 e. The second-order valence-corrected chi connectivity index (χ2v) is 8.51. The van der Waals surface area contributed by atoms with Gasteiger partial charge in [-0.25, -0.2) is 0 Å². The number of aromatic nitrogens is 2. The van der Waals surface area contributed by atoms with Crippen LogP contribution in [-0.4, -0.2) is 34.4 Å². The van der Waals surface area contributed by atoms with Gasteiger partial charge in [-0.05, 0) is 37.6 Å². The SMILES string of the molecule is CC1CCCCN1c1nc2c(c(=O)[nH]1)C(C(=O)Nc1cccc3ccccc13)CC(=O)N2. The van der Waals surface area contributed by atoms with E-state index >= 15 is 0 Å². The monoisotopic (exact) mass is 431 g/mol. The molecule has 0 spiro atoms. The van der Waals surface area contributed by atoms with Gasteiger partial charge in [-0.1, -0.05) is 36.4 Å². The molecule has 3 heterocycles. The molecule has 0 radical (unpaired) electrons. The molecule has 164 valence electrons. The van der Waals surface area contributed by atoms with E-state index in [1.54, 1.807) is 0 Å². The van der Waals surface area contributed by atoms with Crippen LogP contribution in [0.25, 0.3) is 10.8 Å². The third-order valence-electron chi connectivity index (χ3n) is 6.38. The van der Waals surface area contributed by atoms with E-state index in [2.05, 4.69) is 32.4 Å². The van der Waals surface area contributed by atoms with E-state index in [1.165, 1.54) is 0 Å². The lowest BCUT2D eigenvalue weighted by Gasteiger charge is -2.34. The lowest BCUT2D eigenvalue weighted by atomic mass is 9.92. The fourth-order valence-corrected chi connectivity index (χ4v) is 4.69. The van der Waals surface area contributed by atoms with Gasteiger partial charge in [0.2, 0.25) is 17.8 Å². The maximum atomic E-state index is 13.2. The first kappa shape index (κ1) is 20.2. The number of anilines is 3. The minimum atomic E-state index is -0.915. The number of amides is 2. The van der Waals surface area contributed by atoms with E-state index in [1.807, 2.05) is 42.5 Å². The van der Waals surface area contributed by atoms with Gasteiger partial charge in [0.15, 0.2) is 0 Å². The number of carbonyl (C=O) groups is 2. The van der Waals surface area contributed by atoms with E-state index in [0.29, 0.717) is 11.6 Å². The Kier molecular flexibility index (Phi) is 5.13. The van der Waals surface area contributed by atoms with Crippen molar-refractivity contribution in [3.8, 4) is 0 Å². The summed E-state index contributed by atoms with van der Waals surface area (Å²) < 4.78 is 0. The molecule has 2 aliphatic rings. The van der Waals surface area contributed by atoms with Gasteiger partial charge in [-0.2, -0.15) is 4.98 Å². The summed E-state index contributed by atoms with van der Waals surface area (Å²) in [6.07, 6.45) is 3.07. The highest BCUT2D eigenvalue weighted by atomic mass is 16.2. The average molecular weight is 431 g/mol. The Morgan fingerprint density at radius 1 is 1.12 bits per heavy atom. The van der Waals surface area contributed by atoms with Gasteiger partial charge in [0.25, 0.3) is 5.56 Å². The molecule has 32 heavy (non-hydrogen) atoms. The summed E-state index contributed by atoms with van der Waals surface area (Å²) in [6.45, 7) is 2.89. The summed E-state index contributed by atoms with van der Waals surface area (Å²) in [6, 6.07) is 13.6. The van der Waals surface area contributed by atoms with Gasteiger partial charge >= 0.3 is 0 Å². The third kappa shape index (κ3) is 3.62. The van der Waals surface area contributed by atoms with Crippen molar-refractivity contribution in [2.45, 2.75) is 44.6 Å². The molecule has 3 aromatic rings. The van der Waals surface area contributed by atoms with Crippen LogP contribution in [0.15, 0.2) is 47.3 Å². The molecule has 2 aliphatic heterocycles. The Morgan fingerprint density at radius 3 is 2.78 bits per heavy atom. The first-order valence-electron chi connectivity index (χ1n) is 11.0. The van der Waals surface area contributed by atoms with E-state index in [0.717, 1.165) is 36.6 Å². The number of hydrogen-bond acceptors (Lipinski definition) is 5. The van der Waals surface area contributed by atoms with Crippen LogP contribution in [0.1, 0.15) is 44.1 Å². The Balaban J connectivity index is 1.49. The Labute approximate surface area is 185 Å². The second-order valence-electron chi connectivity index (χ2n) is 8.51. The molecule has 1 fully saturated rings. The fraction of sp³-hybridized carbons (Fsp3) is 0.333. The first-order valence-corrected chi connectivity index (χ1v) is 11.0. The number of rotatable bonds is 3. The van der Waals surface area contributed by atoms with Crippen LogP contribution in [0.5, 0.6) is 0 Å². The van der Waals surface area contributed by atoms with Gasteiger partial charge in [-0.3, -0.25) is 19.4 Å². The number of hydrogen-bond donors (Lipinski definition) is 3. The molecule has 2 amide bonds. The van der Waals surface area contributed by atoms with Gasteiger partial charge < -0.3 is 15.5 Å². The topological polar surface area (TPSA) is 107 Å². The van der Waals surface area contributed by atoms with E-state index in [-0.39, 0.29) is 35.3 Å². The average Bonchev–Trinajstić information content (AvgIpc) is 2.78. The van der Waals surface area contributed by atoms with Crippen LogP contribution in [0.4, 0.5) is 17.5 Å². The zero-order chi connectivity index (χ0) is 22.2. The van der Waals surface area contributed by atoms with Crippen molar-refractivity contribution in [1.29, 1.82) is 0 Å². The highest BCUT2D eigenvalue weighted by Gasteiger charge is 2.35. The van der Waals surface area contributed by atoms with Crippen LogP contribution < -0.4 is 21.1 Å². The number of aromatic amines is 1. The molecule has 1 saturated heterocycles. The minimum absolute atomic E-state index is 0.103. The van der Waals surface area contributed by atoms with Crippen LogP contribution in [0.2, 0.25) is 0 Å². The summed E-state index contributed by atoms with van der Waals surface area (Å²) in [5, 5.41) is 7.50. The summed E-state index contributed by atoms with van der Waals surface area (Å²) in [5.41, 5.74) is 0.459. The maximum absolute atomic E-state index is 13.2. The zero-order valence-electron chi connectivity index (χ0n) is 17.9. The van der Waals surface area contributed by atoms with Gasteiger partial charge in [0.05, 0.1) is 11.5 Å². The smallest absolute Gasteiger partial charge is 0.258 e. The fourth-order valence-electron chi connectivity index (χ4n) is 4.69. The van der Waals surface area contributed by atoms with E-state index in [9.17, 15) is 14.4 Å². The molecule has 0 aliphatic carbocycles. The number of fused-ring (bicyclic) bond motifs is 2. The third-order valence-corrected chi connectivity index (χ3v) is 6.38. The Bertz CT molecular complexity index is 1260. The molecular formula is C24H25N5O3. The van der Waals surface area contributed by atoms with Crippen molar-refractivity contribution in [1.82, 2.24) is 9.97 Å². The molecule has 8 nitrogen and oxygen atoms in total. The predicted octanol–water partition coefficient (Wildman–Crippen LogP) is 3.37. The lowest BCUT2D eigenvalue weighted by molar-refractivity contribution is -0.123. The zero-order valence-corrected chi connectivity index (χ0v) is 17.9. The quantitative estimate of drug-likeness (QED) is 0.589. The Hall–Kier alpha value is -3.68. The van der Waals surface area contributed by atoms with E-state index < -0.39 is 11.8 Å². The molecule has 5 rings (SSSR count). The maximum Gasteiger partial charge on any atom is 0.258 e. The van der Waals surface area contributed by atoms with Gasteiger partial charge in [0, 0.05) is 30.1 Å². The standard InChI is InChI=1S/C24H25N5O3/c1-14-7-4-5-12-29(14)24-27-21-20(23(32)28-24)17(13-19(30)26-21)22(31)25-18-11-6-9-15-8-2-3-10-16(15)18/h2-3,6,8-11,14,17H,4-5,7,12-13H2,1H3,(H,25,31)(H2,26,27,28,30,32). The lowest BCUT2D eigenvalue weighted by Crippen LogP contribution is -2.42. The van der Waals surface area contributed by atoms with Crippen molar-refractivity contribution >= 4 is 40.0 Å². The van der Waals surface area contributed by atoms with E-state index in [4.69, 9.17) is 0 Å². The number of nitrogens with zero attached hydrogens (tertiary/aromatic N) is 2. The molecule has 3 N–H and O–H groups in total. The number of nitrogens with one attached hydrogen (secondary N) is 3. The van der Waals surface area contributed by atoms with Crippen LogP contribution in [0, 0.1) is 0 Å². The number of piperidine rings is 1. The van der Waals surface area contributed by atoms with Crippen molar-refractivity contribution < 1.29 is 9.59 Å². The highest BCUT2D eigenvalue weighted by Crippen LogP contribution is 2.32.